The van der Waals surface area contributed by atoms with Crippen LogP contribution < -0.4 is 5.32 Å². The van der Waals surface area contributed by atoms with Crippen LogP contribution in [0.15, 0.2) is 42.7 Å². The highest BCUT2D eigenvalue weighted by Crippen LogP contribution is 2.19. The summed E-state index contributed by atoms with van der Waals surface area (Å²) in [6, 6.07) is 8.95. The zero-order valence-electron chi connectivity index (χ0n) is 14.5. The number of rotatable bonds is 6. The second-order valence-corrected chi connectivity index (χ2v) is 6.63. The maximum atomic E-state index is 12.2. The highest BCUT2D eigenvalue weighted by molar-refractivity contribution is 5.96. The first kappa shape index (κ1) is 17.4. The van der Waals surface area contributed by atoms with Gasteiger partial charge in [-0.05, 0) is 69.1 Å². The van der Waals surface area contributed by atoms with Gasteiger partial charge in [0.15, 0.2) is 5.78 Å². The Morgan fingerprint density at radius 3 is 2.52 bits per heavy atom. The Morgan fingerprint density at radius 1 is 1.20 bits per heavy atom. The van der Waals surface area contributed by atoms with Gasteiger partial charge in [0, 0.05) is 30.2 Å². The SMILES string of the molecule is CC(=O)c1ccc(NC(=O)CN2CCC(Cn3cccn3)CC2)cc1. The van der Waals surface area contributed by atoms with Crippen molar-refractivity contribution in [1.82, 2.24) is 14.7 Å². The molecular weight excluding hydrogens is 316 g/mol. The van der Waals surface area contributed by atoms with Crippen LogP contribution in [0.25, 0.3) is 0 Å². The summed E-state index contributed by atoms with van der Waals surface area (Å²) in [6.45, 7) is 4.76. The summed E-state index contributed by atoms with van der Waals surface area (Å²) < 4.78 is 1.98. The number of carbonyl (C=O) groups excluding carboxylic acids is 2. The molecule has 2 aromatic rings. The molecule has 1 N–H and O–H groups in total. The molecule has 0 atom stereocenters. The van der Waals surface area contributed by atoms with E-state index < -0.39 is 0 Å². The Kier molecular flexibility index (Phi) is 5.60. The second kappa shape index (κ2) is 8.07. The number of likely N-dealkylation sites (tertiary alicyclic amines) is 1. The molecule has 25 heavy (non-hydrogen) atoms. The Hall–Kier alpha value is -2.47. The molecule has 1 aromatic heterocycles. The number of nitrogens with one attached hydrogen (secondary N) is 1. The number of amides is 1. The molecule has 1 aliphatic rings. The molecule has 0 saturated carbocycles. The van der Waals surface area contributed by atoms with E-state index in [0.717, 1.165) is 38.2 Å². The molecule has 2 heterocycles. The third-order valence-electron chi connectivity index (χ3n) is 4.65. The van der Waals surface area contributed by atoms with E-state index in [2.05, 4.69) is 15.3 Å². The van der Waals surface area contributed by atoms with Crippen molar-refractivity contribution in [3.63, 3.8) is 0 Å². The molecule has 0 bridgehead atoms. The topological polar surface area (TPSA) is 67.2 Å². The average molecular weight is 340 g/mol. The maximum absolute atomic E-state index is 12.2. The summed E-state index contributed by atoms with van der Waals surface area (Å²) in [4.78, 5) is 25.7. The Morgan fingerprint density at radius 2 is 1.92 bits per heavy atom. The van der Waals surface area contributed by atoms with Crippen LogP contribution in [0, 0.1) is 5.92 Å². The van der Waals surface area contributed by atoms with Gasteiger partial charge in [-0.25, -0.2) is 0 Å². The van der Waals surface area contributed by atoms with Crippen molar-refractivity contribution >= 4 is 17.4 Å². The summed E-state index contributed by atoms with van der Waals surface area (Å²) in [5, 5.41) is 7.16. The monoisotopic (exact) mass is 340 g/mol. The Labute approximate surface area is 147 Å². The standard InChI is InChI=1S/C19H24N4O2/c1-15(24)17-3-5-18(6-4-17)21-19(25)14-22-11-7-16(8-12-22)13-23-10-2-9-20-23/h2-6,9-10,16H,7-8,11-14H2,1H3,(H,21,25). The van der Waals surface area contributed by atoms with Crippen molar-refractivity contribution in [2.24, 2.45) is 5.92 Å². The predicted octanol–water partition coefficient (Wildman–Crippen LogP) is 2.44. The number of aromatic nitrogens is 2. The van der Waals surface area contributed by atoms with Gasteiger partial charge in [0.25, 0.3) is 0 Å². The molecule has 0 spiro atoms. The smallest absolute Gasteiger partial charge is 0.238 e. The van der Waals surface area contributed by atoms with Crippen LogP contribution in [0.3, 0.4) is 0 Å². The van der Waals surface area contributed by atoms with Crippen LogP contribution in [0.1, 0.15) is 30.1 Å². The summed E-state index contributed by atoms with van der Waals surface area (Å²) in [7, 11) is 0. The van der Waals surface area contributed by atoms with Crippen LogP contribution >= 0.6 is 0 Å². The number of piperidine rings is 1. The largest absolute Gasteiger partial charge is 0.325 e. The van der Waals surface area contributed by atoms with Gasteiger partial charge >= 0.3 is 0 Å². The molecule has 3 rings (SSSR count). The maximum Gasteiger partial charge on any atom is 0.238 e. The summed E-state index contributed by atoms with van der Waals surface area (Å²) in [5.74, 6) is 0.635. The lowest BCUT2D eigenvalue weighted by atomic mass is 9.97. The highest BCUT2D eigenvalue weighted by Gasteiger charge is 2.21. The van der Waals surface area contributed by atoms with E-state index in [-0.39, 0.29) is 11.7 Å². The number of benzene rings is 1. The third kappa shape index (κ3) is 5.00. The second-order valence-electron chi connectivity index (χ2n) is 6.63. The minimum absolute atomic E-state index is 0.0129. The van der Waals surface area contributed by atoms with E-state index in [1.807, 2.05) is 23.1 Å². The van der Waals surface area contributed by atoms with Gasteiger partial charge in [0.1, 0.15) is 0 Å². The van der Waals surface area contributed by atoms with E-state index in [1.165, 1.54) is 6.92 Å². The van der Waals surface area contributed by atoms with Crippen molar-refractivity contribution in [3.05, 3.63) is 48.3 Å². The van der Waals surface area contributed by atoms with Crippen molar-refractivity contribution in [2.75, 3.05) is 25.0 Å². The summed E-state index contributed by atoms with van der Waals surface area (Å²) in [6.07, 6.45) is 5.97. The number of ketones is 1. The molecule has 1 amide bonds. The fourth-order valence-corrected chi connectivity index (χ4v) is 3.19. The van der Waals surface area contributed by atoms with Crippen molar-refractivity contribution in [3.8, 4) is 0 Å². The Bertz CT molecular complexity index is 702. The quantitative estimate of drug-likeness (QED) is 0.820. The van der Waals surface area contributed by atoms with Gasteiger partial charge in [-0.15, -0.1) is 0 Å². The first-order chi connectivity index (χ1) is 12.1. The summed E-state index contributed by atoms with van der Waals surface area (Å²) >= 11 is 0. The van der Waals surface area contributed by atoms with Crippen molar-refractivity contribution in [1.29, 1.82) is 0 Å². The Balaban J connectivity index is 1.42. The molecule has 6 heteroatoms. The minimum Gasteiger partial charge on any atom is -0.325 e. The lowest BCUT2D eigenvalue weighted by molar-refractivity contribution is -0.117. The number of hydrogen-bond donors (Lipinski definition) is 1. The molecule has 0 unspecified atom stereocenters. The van der Waals surface area contributed by atoms with Crippen LogP contribution in [0.4, 0.5) is 5.69 Å². The fourth-order valence-electron chi connectivity index (χ4n) is 3.19. The van der Waals surface area contributed by atoms with Crippen molar-refractivity contribution in [2.45, 2.75) is 26.3 Å². The molecule has 1 fully saturated rings. The number of Topliss-reactive ketones (excluding diaryl/α,β-unsaturated/α-hetero) is 1. The molecular formula is C19H24N4O2. The van der Waals surface area contributed by atoms with Crippen LogP contribution in [-0.4, -0.2) is 46.0 Å². The summed E-state index contributed by atoms with van der Waals surface area (Å²) in [5.41, 5.74) is 1.38. The molecule has 6 nitrogen and oxygen atoms in total. The molecule has 1 saturated heterocycles. The van der Waals surface area contributed by atoms with Gasteiger partial charge in [-0.1, -0.05) is 0 Å². The highest BCUT2D eigenvalue weighted by atomic mass is 16.2. The minimum atomic E-state index is -0.0129. The van der Waals surface area contributed by atoms with Gasteiger partial charge in [-0.3, -0.25) is 19.2 Å². The average Bonchev–Trinajstić information content (AvgIpc) is 3.10. The van der Waals surface area contributed by atoms with Crippen LogP contribution in [-0.2, 0) is 11.3 Å². The zero-order valence-corrected chi connectivity index (χ0v) is 14.5. The van der Waals surface area contributed by atoms with Gasteiger partial charge in [-0.2, -0.15) is 5.10 Å². The number of hydrogen-bond acceptors (Lipinski definition) is 4. The van der Waals surface area contributed by atoms with E-state index in [9.17, 15) is 9.59 Å². The fraction of sp³-hybridized carbons (Fsp3) is 0.421. The third-order valence-corrected chi connectivity index (χ3v) is 4.65. The molecule has 132 valence electrons. The lowest BCUT2D eigenvalue weighted by Gasteiger charge is -2.31. The molecule has 0 aliphatic carbocycles. The normalized spacial score (nSPS) is 15.9. The van der Waals surface area contributed by atoms with Crippen LogP contribution in [0.2, 0.25) is 0 Å². The molecule has 1 aliphatic heterocycles. The number of anilines is 1. The number of carbonyl (C=O) groups is 2. The first-order valence-electron chi connectivity index (χ1n) is 8.71. The van der Waals surface area contributed by atoms with Crippen LogP contribution in [0.5, 0.6) is 0 Å². The van der Waals surface area contributed by atoms with Gasteiger partial charge in [0.05, 0.1) is 6.54 Å². The van der Waals surface area contributed by atoms with Gasteiger partial charge in [0.2, 0.25) is 5.91 Å². The van der Waals surface area contributed by atoms with E-state index >= 15 is 0 Å². The lowest BCUT2D eigenvalue weighted by Crippen LogP contribution is -2.40. The van der Waals surface area contributed by atoms with Crippen molar-refractivity contribution < 1.29 is 9.59 Å². The molecule has 1 aromatic carbocycles. The van der Waals surface area contributed by atoms with Gasteiger partial charge < -0.3 is 5.32 Å². The van der Waals surface area contributed by atoms with E-state index in [4.69, 9.17) is 0 Å². The molecule has 0 radical (unpaired) electrons. The van der Waals surface area contributed by atoms with E-state index in [0.29, 0.717) is 18.0 Å². The predicted molar refractivity (Wildman–Crippen MR) is 96.5 cm³/mol. The van der Waals surface area contributed by atoms with E-state index in [1.54, 1.807) is 24.3 Å². The zero-order chi connectivity index (χ0) is 17.6. The first-order valence-corrected chi connectivity index (χ1v) is 8.71. The number of nitrogens with zero attached hydrogens (tertiary/aromatic N) is 3.